The summed E-state index contributed by atoms with van der Waals surface area (Å²) in [5, 5.41) is 3.54. The number of hydrogen-bond acceptors (Lipinski definition) is 2. The summed E-state index contributed by atoms with van der Waals surface area (Å²) in [5.41, 5.74) is 0.641. The van der Waals surface area contributed by atoms with Crippen molar-refractivity contribution >= 4 is 39.1 Å². The fraction of sp³-hybridized carbons (Fsp3) is 0.533. The van der Waals surface area contributed by atoms with Crippen LogP contribution in [-0.2, 0) is 4.79 Å². The monoisotopic (exact) mass is 359 g/mol. The Morgan fingerprint density at radius 3 is 2.75 bits per heavy atom. The van der Waals surface area contributed by atoms with Crippen molar-refractivity contribution in [1.82, 2.24) is 0 Å². The Hall–Kier alpha value is -0.740. The van der Waals surface area contributed by atoms with Crippen molar-refractivity contribution in [1.29, 1.82) is 0 Å². The minimum absolute atomic E-state index is 0.0693. The zero-order valence-corrected chi connectivity index (χ0v) is 13.9. The lowest BCUT2D eigenvalue weighted by molar-refractivity contribution is -0.120. The fourth-order valence-electron chi connectivity index (χ4n) is 2.54. The molecule has 1 amide bonds. The van der Waals surface area contributed by atoms with Gasteiger partial charge in [-0.15, -0.1) is 0 Å². The number of anilines is 1. The summed E-state index contributed by atoms with van der Waals surface area (Å²) in [6.45, 7) is 2.44. The van der Waals surface area contributed by atoms with Crippen LogP contribution in [-0.4, -0.2) is 12.5 Å². The number of benzene rings is 1. The van der Waals surface area contributed by atoms with Gasteiger partial charge in [0, 0.05) is 10.9 Å². The number of amides is 1. The highest BCUT2D eigenvalue weighted by molar-refractivity contribution is 9.10. The van der Waals surface area contributed by atoms with Crippen molar-refractivity contribution in [2.45, 2.75) is 39.0 Å². The van der Waals surface area contributed by atoms with Crippen molar-refractivity contribution < 1.29 is 9.53 Å². The van der Waals surface area contributed by atoms with E-state index < -0.39 is 0 Å². The quantitative estimate of drug-likeness (QED) is 0.818. The molecule has 0 heterocycles. The zero-order valence-electron chi connectivity index (χ0n) is 11.5. The molecule has 110 valence electrons. The minimum Gasteiger partial charge on any atom is -0.491 e. The van der Waals surface area contributed by atoms with Gasteiger partial charge in [-0.3, -0.25) is 4.79 Å². The first-order valence-corrected chi connectivity index (χ1v) is 8.21. The van der Waals surface area contributed by atoms with E-state index in [4.69, 9.17) is 16.3 Å². The molecule has 1 saturated carbocycles. The maximum absolute atomic E-state index is 12.3. The van der Waals surface area contributed by atoms with Gasteiger partial charge in [0.15, 0.2) is 5.75 Å². The second-order valence-electron chi connectivity index (χ2n) is 5.02. The summed E-state index contributed by atoms with van der Waals surface area (Å²) in [6, 6.07) is 3.50. The molecule has 1 fully saturated rings. The highest BCUT2D eigenvalue weighted by atomic mass is 79.9. The van der Waals surface area contributed by atoms with Crippen molar-refractivity contribution in [3.05, 3.63) is 21.6 Å². The third-order valence-corrected chi connectivity index (χ3v) is 4.34. The number of hydrogen-bond donors (Lipinski definition) is 1. The molecule has 1 aromatic rings. The zero-order chi connectivity index (χ0) is 14.5. The van der Waals surface area contributed by atoms with E-state index in [1.54, 1.807) is 12.1 Å². The molecule has 1 aromatic carbocycles. The van der Waals surface area contributed by atoms with Gasteiger partial charge in [-0.2, -0.15) is 0 Å². The standard InChI is InChI=1S/C15H19BrClNO2/c1-2-20-14-12(16)8-11(17)9-13(14)18-15(19)10-6-4-3-5-7-10/h8-10H,2-7H2,1H3,(H,18,19). The molecule has 0 bridgehead atoms. The Bertz CT molecular complexity index is 487. The van der Waals surface area contributed by atoms with Crippen LogP contribution in [0.1, 0.15) is 39.0 Å². The number of ether oxygens (including phenoxy) is 1. The van der Waals surface area contributed by atoms with E-state index in [-0.39, 0.29) is 11.8 Å². The maximum atomic E-state index is 12.3. The molecule has 1 aliphatic rings. The van der Waals surface area contributed by atoms with Crippen molar-refractivity contribution in [2.75, 3.05) is 11.9 Å². The van der Waals surface area contributed by atoms with Crippen LogP contribution in [0.15, 0.2) is 16.6 Å². The average molecular weight is 361 g/mol. The lowest BCUT2D eigenvalue weighted by atomic mass is 9.88. The number of nitrogens with one attached hydrogen (secondary N) is 1. The first kappa shape index (κ1) is 15.6. The molecule has 0 atom stereocenters. The highest BCUT2D eigenvalue weighted by Crippen LogP contribution is 2.37. The van der Waals surface area contributed by atoms with Crippen LogP contribution in [0.4, 0.5) is 5.69 Å². The number of carbonyl (C=O) groups excluding carboxylic acids is 1. The van der Waals surface area contributed by atoms with Crippen molar-refractivity contribution in [3.63, 3.8) is 0 Å². The Balaban J connectivity index is 2.16. The summed E-state index contributed by atoms with van der Waals surface area (Å²) < 4.78 is 6.35. The second kappa shape index (κ2) is 7.32. The number of rotatable bonds is 4. The van der Waals surface area contributed by atoms with Gasteiger partial charge in [0.1, 0.15) is 0 Å². The normalized spacial score (nSPS) is 15.9. The maximum Gasteiger partial charge on any atom is 0.227 e. The predicted molar refractivity (Wildman–Crippen MR) is 85.5 cm³/mol. The van der Waals surface area contributed by atoms with Gasteiger partial charge in [0.2, 0.25) is 5.91 Å². The predicted octanol–water partition coefficient (Wildman–Crippen LogP) is 5.02. The van der Waals surface area contributed by atoms with E-state index in [0.29, 0.717) is 23.1 Å². The lowest BCUT2D eigenvalue weighted by Crippen LogP contribution is -2.25. The fourth-order valence-corrected chi connectivity index (χ4v) is 3.47. The van der Waals surface area contributed by atoms with Gasteiger partial charge in [0.05, 0.1) is 16.8 Å². The molecule has 2 rings (SSSR count). The lowest BCUT2D eigenvalue weighted by Gasteiger charge is -2.22. The topological polar surface area (TPSA) is 38.3 Å². The molecular weight excluding hydrogens is 342 g/mol. The molecule has 0 aromatic heterocycles. The van der Waals surface area contributed by atoms with Crippen LogP contribution in [0.25, 0.3) is 0 Å². The van der Waals surface area contributed by atoms with Gasteiger partial charge in [-0.1, -0.05) is 30.9 Å². The van der Waals surface area contributed by atoms with E-state index in [9.17, 15) is 4.79 Å². The average Bonchev–Trinajstić information content (AvgIpc) is 2.43. The van der Waals surface area contributed by atoms with Gasteiger partial charge in [0.25, 0.3) is 0 Å². The molecule has 0 aliphatic heterocycles. The first-order chi connectivity index (χ1) is 9.61. The third kappa shape index (κ3) is 3.89. The summed E-state index contributed by atoms with van der Waals surface area (Å²) >= 11 is 9.48. The van der Waals surface area contributed by atoms with Crippen LogP contribution in [0.3, 0.4) is 0 Å². The molecule has 0 radical (unpaired) electrons. The van der Waals surface area contributed by atoms with E-state index in [1.807, 2.05) is 6.92 Å². The number of halogens is 2. The molecule has 1 aliphatic carbocycles. The molecule has 0 saturated heterocycles. The van der Waals surface area contributed by atoms with Crippen LogP contribution < -0.4 is 10.1 Å². The molecule has 20 heavy (non-hydrogen) atoms. The van der Waals surface area contributed by atoms with E-state index in [0.717, 1.165) is 30.2 Å². The summed E-state index contributed by atoms with van der Waals surface area (Å²) in [5.74, 6) is 0.817. The SMILES string of the molecule is CCOc1c(Br)cc(Cl)cc1NC(=O)C1CCCCC1. The van der Waals surface area contributed by atoms with Crippen LogP contribution in [0.5, 0.6) is 5.75 Å². The Kier molecular flexibility index (Phi) is 5.73. The summed E-state index contributed by atoms with van der Waals surface area (Å²) in [6.07, 6.45) is 5.44. The first-order valence-electron chi connectivity index (χ1n) is 7.04. The van der Waals surface area contributed by atoms with E-state index in [2.05, 4.69) is 21.2 Å². The Morgan fingerprint density at radius 1 is 1.40 bits per heavy atom. The molecular formula is C15H19BrClNO2. The highest BCUT2D eigenvalue weighted by Gasteiger charge is 2.22. The van der Waals surface area contributed by atoms with Gasteiger partial charge < -0.3 is 10.1 Å². The van der Waals surface area contributed by atoms with Gasteiger partial charge >= 0.3 is 0 Å². The largest absolute Gasteiger partial charge is 0.491 e. The van der Waals surface area contributed by atoms with Crippen molar-refractivity contribution in [3.8, 4) is 5.75 Å². The van der Waals surface area contributed by atoms with Gasteiger partial charge in [-0.05, 0) is 47.8 Å². The second-order valence-corrected chi connectivity index (χ2v) is 6.31. The Morgan fingerprint density at radius 2 is 2.10 bits per heavy atom. The van der Waals surface area contributed by atoms with E-state index in [1.165, 1.54) is 6.42 Å². The molecule has 1 N–H and O–H groups in total. The smallest absolute Gasteiger partial charge is 0.227 e. The van der Waals surface area contributed by atoms with Crippen LogP contribution in [0.2, 0.25) is 5.02 Å². The summed E-state index contributed by atoms with van der Waals surface area (Å²) in [7, 11) is 0. The van der Waals surface area contributed by atoms with Crippen LogP contribution in [0, 0.1) is 5.92 Å². The number of carbonyl (C=O) groups is 1. The molecule has 3 nitrogen and oxygen atoms in total. The molecule has 5 heteroatoms. The molecule has 0 unspecified atom stereocenters. The van der Waals surface area contributed by atoms with Gasteiger partial charge in [-0.25, -0.2) is 0 Å². The molecule has 0 spiro atoms. The summed E-state index contributed by atoms with van der Waals surface area (Å²) in [4.78, 5) is 12.3. The Labute approximate surface area is 133 Å². The van der Waals surface area contributed by atoms with E-state index >= 15 is 0 Å². The van der Waals surface area contributed by atoms with Crippen molar-refractivity contribution in [2.24, 2.45) is 5.92 Å². The third-order valence-electron chi connectivity index (χ3n) is 3.53. The minimum atomic E-state index is 0.0693. The van der Waals surface area contributed by atoms with Crippen LogP contribution >= 0.6 is 27.5 Å².